The lowest BCUT2D eigenvalue weighted by molar-refractivity contribution is -0.928. The highest BCUT2D eigenvalue weighted by atomic mass is 35.5. The third-order valence-electron chi connectivity index (χ3n) is 3.10. The molecule has 0 aromatic rings. The summed E-state index contributed by atoms with van der Waals surface area (Å²) in [5, 5.41) is 27.0. The van der Waals surface area contributed by atoms with Crippen molar-refractivity contribution in [3.8, 4) is 0 Å². The van der Waals surface area contributed by atoms with Gasteiger partial charge in [-0.15, -0.1) is 0 Å². The van der Waals surface area contributed by atoms with E-state index in [0.29, 0.717) is 19.8 Å². The summed E-state index contributed by atoms with van der Waals surface area (Å²) in [4.78, 5) is 0. The fourth-order valence-electron chi connectivity index (χ4n) is 1.82. The Morgan fingerprint density at radius 3 is 2.12 bits per heavy atom. The number of rotatable bonds is 10. The Morgan fingerprint density at radius 1 is 1.12 bits per heavy atom. The maximum absolute atomic E-state index is 9.51. The van der Waals surface area contributed by atoms with Gasteiger partial charge in [-0.2, -0.15) is 0 Å². The number of halogens is 1. The first kappa shape index (κ1) is 19.4. The fraction of sp³-hybridized carbons (Fsp3) is 1.00. The molecule has 1 unspecified atom stereocenters. The molecule has 17 heavy (non-hydrogen) atoms. The van der Waals surface area contributed by atoms with Gasteiger partial charge in [0, 0.05) is 0 Å². The molecule has 0 rings (SSSR count). The monoisotopic (exact) mass is 271 g/mol. The highest BCUT2D eigenvalue weighted by Crippen LogP contribution is 2.08. The van der Waals surface area contributed by atoms with Crippen LogP contribution in [0.5, 0.6) is 0 Å². The molecule has 0 aliphatic carbocycles. The lowest BCUT2D eigenvalue weighted by Gasteiger charge is -2.38. The van der Waals surface area contributed by atoms with Gasteiger partial charge in [0.1, 0.15) is 19.2 Å². The number of quaternary nitrogens is 1. The molecule has 0 bridgehead atoms. The maximum Gasteiger partial charge on any atom is 0.126 e. The Kier molecular flexibility index (Phi) is 12.8. The lowest BCUT2D eigenvalue weighted by atomic mass is 10.2. The van der Waals surface area contributed by atoms with Crippen LogP contribution >= 0.6 is 0 Å². The van der Waals surface area contributed by atoms with Gasteiger partial charge in [-0.1, -0.05) is 0 Å². The van der Waals surface area contributed by atoms with Crippen molar-refractivity contribution in [2.45, 2.75) is 20.0 Å². The van der Waals surface area contributed by atoms with Crippen molar-refractivity contribution in [3.63, 3.8) is 0 Å². The van der Waals surface area contributed by atoms with E-state index in [1.807, 2.05) is 0 Å². The van der Waals surface area contributed by atoms with Crippen LogP contribution in [-0.4, -0.2) is 78.5 Å². The van der Waals surface area contributed by atoms with Crippen LogP contribution in [0, 0.1) is 0 Å². The molecule has 0 radical (unpaired) electrons. The van der Waals surface area contributed by atoms with E-state index in [9.17, 15) is 5.11 Å². The second-order valence-electron chi connectivity index (χ2n) is 4.05. The molecule has 0 spiro atoms. The molecule has 0 amide bonds. The molecule has 0 fully saturated rings. The van der Waals surface area contributed by atoms with Crippen LogP contribution < -0.4 is 12.4 Å². The Labute approximate surface area is 110 Å². The smallest absolute Gasteiger partial charge is 0.126 e. The van der Waals surface area contributed by atoms with E-state index in [-0.39, 0.29) is 25.6 Å². The number of ether oxygens (including phenoxy) is 1. The molecule has 106 valence electrons. The van der Waals surface area contributed by atoms with Crippen molar-refractivity contribution in [3.05, 3.63) is 0 Å². The minimum atomic E-state index is -0.669. The second-order valence-corrected chi connectivity index (χ2v) is 4.05. The fourth-order valence-corrected chi connectivity index (χ4v) is 1.82. The van der Waals surface area contributed by atoms with E-state index in [2.05, 4.69) is 13.8 Å². The zero-order chi connectivity index (χ0) is 12.4. The largest absolute Gasteiger partial charge is 1.00 e. The van der Waals surface area contributed by atoms with Gasteiger partial charge in [-0.3, -0.25) is 0 Å². The number of aliphatic hydroxyl groups excluding tert-OH is 3. The Bertz CT molecular complexity index is 168. The summed E-state index contributed by atoms with van der Waals surface area (Å²) in [6, 6.07) is 0. The van der Waals surface area contributed by atoms with Crippen LogP contribution in [0.25, 0.3) is 0 Å². The normalized spacial score (nSPS) is 13.2. The minimum absolute atomic E-state index is 0. The molecule has 0 heterocycles. The van der Waals surface area contributed by atoms with Crippen LogP contribution in [0.3, 0.4) is 0 Å². The summed E-state index contributed by atoms with van der Waals surface area (Å²) < 4.78 is 5.98. The Balaban J connectivity index is 0. The van der Waals surface area contributed by atoms with E-state index >= 15 is 0 Å². The molecule has 6 heteroatoms. The van der Waals surface area contributed by atoms with Gasteiger partial charge in [0.15, 0.2) is 0 Å². The second kappa shape index (κ2) is 11.2. The van der Waals surface area contributed by atoms with Gasteiger partial charge in [-0.25, -0.2) is 0 Å². The molecule has 0 aliphatic rings. The summed E-state index contributed by atoms with van der Waals surface area (Å²) >= 11 is 0. The van der Waals surface area contributed by atoms with E-state index in [4.69, 9.17) is 14.9 Å². The quantitative estimate of drug-likeness (QED) is 0.282. The molecule has 0 aliphatic heterocycles. The number of hydrogen-bond acceptors (Lipinski definition) is 4. The van der Waals surface area contributed by atoms with E-state index in [1.54, 1.807) is 0 Å². The Hall–Kier alpha value is 0.0900. The molecular formula is C11H26ClNO4. The van der Waals surface area contributed by atoms with Crippen molar-refractivity contribution >= 4 is 0 Å². The van der Waals surface area contributed by atoms with E-state index < -0.39 is 6.10 Å². The van der Waals surface area contributed by atoms with Gasteiger partial charge in [0.05, 0.1) is 39.5 Å². The van der Waals surface area contributed by atoms with Crippen LogP contribution in [0.15, 0.2) is 0 Å². The minimum Gasteiger partial charge on any atom is -1.00 e. The predicted molar refractivity (Wildman–Crippen MR) is 62.1 cm³/mol. The highest BCUT2D eigenvalue weighted by molar-refractivity contribution is 4.53. The highest BCUT2D eigenvalue weighted by Gasteiger charge is 2.26. The molecule has 5 nitrogen and oxygen atoms in total. The van der Waals surface area contributed by atoms with Gasteiger partial charge in [-0.05, 0) is 13.8 Å². The number of hydrogen-bond donors (Lipinski definition) is 3. The first-order valence-corrected chi connectivity index (χ1v) is 5.96. The van der Waals surface area contributed by atoms with Crippen molar-refractivity contribution in [2.24, 2.45) is 0 Å². The van der Waals surface area contributed by atoms with Gasteiger partial charge in [0.25, 0.3) is 0 Å². The van der Waals surface area contributed by atoms with E-state index in [0.717, 1.165) is 24.1 Å². The van der Waals surface area contributed by atoms with Crippen molar-refractivity contribution < 1.29 is 36.9 Å². The van der Waals surface area contributed by atoms with Crippen molar-refractivity contribution in [2.75, 3.05) is 52.6 Å². The standard InChI is InChI=1S/C11H26NO4.ClH/c1-3-12(4-2,9-11(15)10-14)5-7-16-8-6-13;/h11,13-15H,3-10H2,1-2H3;1H/q+1;/p-1. The molecular weight excluding hydrogens is 246 g/mol. The zero-order valence-corrected chi connectivity index (χ0v) is 11.6. The Morgan fingerprint density at radius 2 is 1.71 bits per heavy atom. The molecule has 1 atom stereocenters. The van der Waals surface area contributed by atoms with Gasteiger partial charge < -0.3 is 36.9 Å². The first-order valence-electron chi connectivity index (χ1n) is 5.96. The summed E-state index contributed by atoms with van der Waals surface area (Å²) in [5.41, 5.74) is 0. The third kappa shape index (κ3) is 7.91. The third-order valence-corrected chi connectivity index (χ3v) is 3.10. The van der Waals surface area contributed by atoms with Crippen molar-refractivity contribution in [1.29, 1.82) is 0 Å². The molecule has 0 saturated heterocycles. The average Bonchev–Trinajstić information content (AvgIpc) is 2.33. The van der Waals surface area contributed by atoms with Gasteiger partial charge >= 0.3 is 0 Å². The molecule has 0 aromatic carbocycles. The van der Waals surface area contributed by atoms with Crippen LogP contribution in [0.2, 0.25) is 0 Å². The number of nitrogens with zero attached hydrogens (tertiary/aromatic N) is 1. The van der Waals surface area contributed by atoms with Crippen LogP contribution in [0.4, 0.5) is 0 Å². The molecule has 3 N–H and O–H groups in total. The van der Waals surface area contributed by atoms with Gasteiger partial charge in [0.2, 0.25) is 0 Å². The van der Waals surface area contributed by atoms with Crippen LogP contribution in [-0.2, 0) is 4.74 Å². The number of aliphatic hydroxyl groups is 3. The topological polar surface area (TPSA) is 69.9 Å². The summed E-state index contributed by atoms with van der Waals surface area (Å²) in [6.07, 6.45) is -0.669. The first-order chi connectivity index (χ1) is 7.64. The van der Waals surface area contributed by atoms with E-state index in [1.165, 1.54) is 0 Å². The summed E-state index contributed by atoms with van der Waals surface area (Å²) in [6.45, 7) is 8.05. The van der Waals surface area contributed by atoms with Crippen LogP contribution in [0.1, 0.15) is 13.8 Å². The maximum atomic E-state index is 9.51. The summed E-state index contributed by atoms with van der Waals surface area (Å²) in [5.74, 6) is 0. The summed E-state index contributed by atoms with van der Waals surface area (Å²) in [7, 11) is 0. The van der Waals surface area contributed by atoms with Crippen molar-refractivity contribution in [1.82, 2.24) is 0 Å². The predicted octanol–water partition coefficient (Wildman–Crippen LogP) is -3.79. The average molecular weight is 272 g/mol. The zero-order valence-electron chi connectivity index (χ0n) is 10.8. The SMILES string of the molecule is CC[N+](CC)(CCOCCO)CC(O)CO.[Cl-]. The molecule has 0 saturated carbocycles. The lowest BCUT2D eigenvalue weighted by Crippen LogP contribution is -3.00. The molecule has 0 aromatic heterocycles. The number of likely N-dealkylation sites (N-methyl/N-ethyl adjacent to an activating group) is 1.